The first-order valence-corrected chi connectivity index (χ1v) is 9.79. The summed E-state index contributed by atoms with van der Waals surface area (Å²) in [6.07, 6.45) is 7.37. The van der Waals surface area contributed by atoms with E-state index in [1.54, 1.807) is 49.1 Å². The predicted molar refractivity (Wildman–Crippen MR) is 118 cm³/mol. The van der Waals surface area contributed by atoms with Gasteiger partial charge < -0.3 is 11.1 Å². The van der Waals surface area contributed by atoms with Gasteiger partial charge >= 0.3 is 0 Å². The molecule has 156 valence electrons. The number of hydrogen-bond donors (Lipinski definition) is 3. The zero-order valence-electron chi connectivity index (χ0n) is 16.6. The maximum Gasteiger partial charge on any atom is 0.260 e. The summed E-state index contributed by atoms with van der Waals surface area (Å²) in [6, 6.07) is 12.9. The number of aromatic amines is 1. The Morgan fingerprint density at radius 3 is 2.26 bits per heavy atom. The van der Waals surface area contributed by atoms with Crippen LogP contribution in [0.2, 0.25) is 0 Å². The van der Waals surface area contributed by atoms with E-state index in [1.165, 1.54) is 12.1 Å². The molecule has 8 heteroatoms. The number of pyridine rings is 2. The first kappa shape index (κ1) is 20.4. The van der Waals surface area contributed by atoms with Gasteiger partial charge in [-0.1, -0.05) is 12.1 Å². The molecule has 0 radical (unpaired) electrons. The van der Waals surface area contributed by atoms with Crippen LogP contribution in [0, 0.1) is 5.82 Å². The number of H-pyrrole nitrogens is 1. The van der Waals surface area contributed by atoms with Crippen LogP contribution in [0.3, 0.4) is 0 Å². The van der Waals surface area contributed by atoms with E-state index in [1.807, 2.05) is 12.1 Å². The molecule has 0 amide bonds. The van der Waals surface area contributed by atoms with Crippen LogP contribution in [0.5, 0.6) is 0 Å². The molecular formula is C23H21FN6O. The van der Waals surface area contributed by atoms with Gasteiger partial charge in [0, 0.05) is 42.9 Å². The number of hydrogen-bond acceptors (Lipinski definition) is 6. The van der Waals surface area contributed by atoms with Gasteiger partial charge in [0.1, 0.15) is 5.82 Å². The molecule has 0 aliphatic heterocycles. The summed E-state index contributed by atoms with van der Waals surface area (Å²) >= 11 is 0. The second-order valence-electron chi connectivity index (χ2n) is 7.08. The van der Waals surface area contributed by atoms with Crippen molar-refractivity contribution in [2.24, 2.45) is 5.73 Å². The molecule has 0 saturated heterocycles. The second kappa shape index (κ2) is 9.27. The summed E-state index contributed by atoms with van der Waals surface area (Å²) in [5.41, 5.74) is 9.11. The molecule has 0 spiro atoms. The Balaban J connectivity index is 1.63. The molecule has 4 aromatic rings. The lowest BCUT2D eigenvalue weighted by Crippen LogP contribution is -2.32. The number of rotatable bonds is 7. The first-order valence-electron chi connectivity index (χ1n) is 9.79. The monoisotopic (exact) mass is 416 g/mol. The van der Waals surface area contributed by atoms with Gasteiger partial charge in [0.25, 0.3) is 5.56 Å². The lowest BCUT2D eigenvalue weighted by molar-refractivity contribution is 0.628. The van der Waals surface area contributed by atoms with Gasteiger partial charge in [-0.05, 0) is 53.9 Å². The third-order valence-corrected chi connectivity index (χ3v) is 4.79. The molecule has 1 atom stereocenters. The Labute approximate surface area is 178 Å². The highest BCUT2D eigenvalue weighted by molar-refractivity contribution is 5.80. The van der Waals surface area contributed by atoms with Crippen molar-refractivity contribution in [3.8, 4) is 22.4 Å². The summed E-state index contributed by atoms with van der Waals surface area (Å²) in [6.45, 7) is 0.414. The summed E-state index contributed by atoms with van der Waals surface area (Å²) in [5, 5.41) is 3.12. The van der Waals surface area contributed by atoms with E-state index in [2.05, 4.69) is 25.3 Å². The molecule has 0 aliphatic rings. The average Bonchev–Trinajstić information content (AvgIpc) is 2.79. The Kier molecular flexibility index (Phi) is 6.09. The van der Waals surface area contributed by atoms with Gasteiger partial charge in [0.15, 0.2) is 0 Å². The molecule has 1 unspecified atom stereocenters. The fourth-order valence-corrected chi connectivity index (χ4v) is 3.28. The van der Waals surface area contributed by atoms with E-state index < -0.39 is 0 Å². The van der Waals surface area contributed by atoms with Crippen molar-refractivity contribution in [1.82, 2.24) is 19.9 Å². The SMILES string of the molecule is NC(CNc1nc(-c2ccncc2)c(-c2ccc(F)cc2)c(=O)[nH]1)Cc1ccncc1. The first-order chi connectivity index (χ1) is 15.1. The lowest BCUT2D eigenvalue weighted by Gasteiger charge is -2.15. The van der Waals surface area contributed by atoms with E-state index in [9.17, 15) is 9.18 Å². The number of halogens is 1. The van der Waals surface area contributed by atoms with Gasteiger partial charge in [-0.15, -0.1) is 0 Å². The Morgan fingerprint density at radius 1 is 0.935 bits per heavy atom. The lowest BCUT2D eigenvalue weighted by atomic mass is 10.0. The standard InChI is InChI=1S/C23H21FN6O/c24-18-3-1-16(2-4-18)20-21(17-7-11-27-12-8-17)29-23(30-22(20)31)28-14-19(25)13-15-5-9-26-10-6-15/h1-12,19H,13-14,25H2,(H2,28,29,30,31). The van der Waals surface area contributed by atoms with Crippen molar-refractivity contribution >= 4 is 5.95 Å². The molecule has 7 nitrogen and oxygen atoms in total. The van der Waals surface area contributed by atoms with Crippen LogP contribution in [0.15, 0.2) is 78.1 Å². The number of nitrogens with two attached hydrogens (primary N) is 1. The smallest absolute Gasteiger partial charge is 0.260 e. The van der Waals surface area contributed by atoms with Crippen molar-refractivity contribution in [3.05, 3.63) is 95.1 Å². The molecule has 0 aliphatic carbocycles. The van der Waals surface area contributed by atoms with Crippen molar-refractivity contribution in [2.75, 3.05) is 11.9 Å². The highest BCUT2D eigenvalue weighted by atomic mass is 19.1. The van der Waals surface area contributed by atoms with Gasteiger partial charge in [-0.3, -0.25) is 19.7 Å². The number of nitrogens with one attached hydrogen (secondary N) is 2. The molecule has 3 aromatic heterocycles. The summed E-state index contributed by atoms with van der Waals surface area (Å²) in [5.74, 6) is -0.0621. The van der Waals surface area contributed by atoms with Crippen LogP contribution in [-0.4, -0.2) is 32.5 Å². The molecule has 1 aromatic carbocycles. The van der Waals surface area contributed by atoms with Gasteiger partial charge in [0.05, 0.1) is 11.3 Å². The highest BCUT2D eigenvalue weighted by Gasteiger charge is 2.16. The third-order valence-electron chi connectivity index (χ3n) is 4.79. The summed E-state index contributed by atoms with van der Waals surface area (Å²) in [7, 11) is 0. The van der Waals surface area contributed by atoms with E-state index >= 15 is 0 Å². The van der Waals surface area contributed by atoms with Crippen molar-refractivity contribution in [3.63, 3.8) is 0 Å². The van der Waals surface area contributed by atoms with Crippen LogP contribution < -0.4 is 16.6 Å². The molecule has 31 heavy (non-hydrogen) atoms. The Bertz CT molecular complexity index is 1200. The molecule has 4 N–H and O–H groups in total. The molecule has 3 heterocycles. The van der Waals surface area contributed by atoms with Crippen LogP contribution in [-0.2, 0) is 6.42 Å². The normalized spacial score (nSPS) is 11.8. The molecule has 4 rings (SSSR count). The van der Waals surface area contributed by atoms with E-state index in [4.69, 9.17) is 5.73 Å². The van der Waals surface area contributed by atoms with Gasteiger partial charge in [-0.25, -0.2) is 9.37 Å². The van der Waals surface area contributed by atoms with Crippen LogP contribution in [0.1, 0.15) is 5.56 Å². The van der Waals surface area contributed by atoms with Crippen molar-refractivity contribution < 1.29 is 4.39 Å². The van der Waals surface area contributed by atoms with Crippen LogP contribution >= 0.6 is 0 Å². The maximum absolute atomic E-state index is 13.4. The minimum atomic E-state index is -0.375. The minimum Gasteiger partial charge on any atom is -0.354 e. The largest absolute Gasteiger partial charge is 0.354 e. The molecule has 0 saturated carbocycles. The summed E-state index contributed by atoms with van der Waals surface area (Å²) < 4.78 is 13.4. The molecular weight excluding hydrogens is 395 g/mol. The number of anilines is 1. The number of benzene rings is 1. The van der Waals surface area contributed by atoms with E-state index in [0.29, 0.717) is 35.7 Å². The predicted octanol–water partition coefficient (Wildman–Crippen LogP) is 3.01. The summed E-state index contributed by atoms with van der Waals surface area (Å²) in [4.78, 5) is 28.4. The fourth-order valence-electron chi connectivity index (χ4n) is 3.28. The zero-order valence-corrected chi connectivity index (χ0v) is 16.6. The van der Waals surface area contributed by atoms with E-state index in [0.717, 1.165) is 11.1 Å². The highest BCUT2D eigenvalue weighted by Crippen LogP contribution is 2.28. The Morgan fingerprint density at radius 2 is 1.58 bits per heavy atom. The second-order valence-corrected chi connectivity index (χ2v) is 7.08. The average molecular weight is 416 g/mol. The third kappa shape index (κ3) is 4.99. The van der Waals surface area contributed by atoms with Crippen molar-refractivity contribution in [2.45, 2.75) is 12.5 Å². The van der Waals surface area contributed by atoms with Crippen molar-refractivity contribution in [1.29, 1.82) is 0 Å². The molecule has 0 fully saturated rings. The number of nitrogens with zero attached hydrogens (tertiary/aromatic N) is 3. The van der Waals surface area contributed by atoms with Crippen LogP contribution in [0.4, 0.5) is 10.3 Å². The fraction of sp³-hybridized carbons (Fsp3) is 0.130. The minimum absolute atomic E-state index is 0.186. The van der Waals surface area contributed by atoms with Gasteiger partial charge in [-0.2, -0.15) is 0 Å². The molecule has 0 bridgehead atoms. The Hall–Kier alpha value is -3.91. The quantitative estimate of drug-likeness (QED) is 0.427. The topological polar surface area (TPSA) is 110 Å². The van der Waals surface area contributed by atoms with E-state index in [-0.39, 0.29) is 17.4 Å². The van der Waals surface area contributed by atoms with Crippen LogP contribution in [0.25, 0.3) is 22.4 Å². The maximum atomic E-state index is 13.4. The van der Waals surface area contributed by atoms with Gasteiger partial charge in [0.2, 0.25) is 5.95 Å². The number of aromatic nitrogens is 4. The zero-order chi connectivity index (χ0) is 21.6.